The molecule has 1 saturated carbocycles. The van der Waals surface area contributed by atoms with E-state index >= 15 is 0 Å². The lowest BCUT2D eigenvalue weighted by atomic mass is 9.86. The maximum atomic E-state index is 12.1. The van der Waals surface area contributed by atoms with Crippen LogP contribution in [-0.4, -0.2) is 55.9 Å². The first-order valence-electron chi connectivity index (χ1n) is 10.7. The summed E-state index contributed by atoms with van der Waals surface area (Å²) in [4.78, 5) is 28.3. The van der Waals surface area contributed by atoms with Gasteiger partial charge in [-0.3, -0.25) is 9.79 Å². The zero-order chi connectivity index (χ0) is 22.0. The predicted molar refractivity (Wildman–Crippen MR) is 115 cm³/mol. The number of hydrogen-bond donors (Lipinski definition) is 3. The second-order valence-electron chi connectivity index (χ2n) is 8.89. The molecule has 0 aromatic carbocycles. The molecule has 0 aromatic rings. The normalized spacial score (nSPS) is 21.3. The summed E-state index contributed by atoms with van der Waals surface area (Å²) >= 11 is 0. The molecule has 1 aliphatic rings. The molecule has 1 rings (SSSR count). The van der Waals surface area contributed by atoms with Crippen molar-refractivity contribution in [1.29, 1.82) is 0 Å². The van der Waals surface area contributed by atoms with Crippen molar-refractivity contribution < 1.29 is 19.1 Å². The smallest absolute Gasteiger partial charge is 0.407 e. The highest BCUT2D eigenvalue weighted by atomic mass is 16.6. The van der Waals surface area contributed by atoms with E-state index in [1.54, 1.807) is 7.05 Å². The van der Waals surface area contributed by atoms with Gasteiger partial charge in [0.2, 0.25) is 0 Å². The van der Waals surface area contributed by atoms with Crippen molar-refractivity contribution in [3.63, 3.8) is 0 Å². The van der Waals surface area contributed by atoms with Crippen LogP contribution in [0.2, 0.25) is 0 Å². The van der Waals surface area contributed by atoms with Crippen LogP contribution in [0, 0.1) is 11.8 Å². The number of ether oxygens (including phenoxy) is 2. The number of esters is 1. The van der Waals surface area contributed by atoms with Crippen LogP contribution in [0.3, 0.4) is 0 Å². The molecule has 1 fully saturated rings. The predicted octanol–water partition coefficient (Wildman–Crippen LogP) is 2.82. The standard InChI is InChI=1S/C21H40N4O4/c1-8-28-18(26)15-9-11-16(12-10-15)24-19(22-7)23-13-17(14(2)3)25-20(27)29-21(4,5)6/h14-17H,8-13H2,1-7H3,(H,25,27)(H2,22,23,24). The lowest BCUT2D eigenvalue weighted by Crippen LogP contribution is -2.52. The number of nitrogens with one attached hydrogen (secondary N) is 3. The molecular formula is C21H40N4O4. The van der Waals surface area contributed by atoms with E-state index in [0.29, 0.717) is 19.1 Å². The Balaban J connectivity index is 2.47. The summed E-state index contributed by atoms with van der Waals surface area (Å²) in [5, 5.41) is 9.65. The zero-order valence-corrected chi connectivity index (χ0v) is 19.1. The van der Waals surface area contributed by atoms with Crippen LogP contribution in [0.5, 0.6) is 0 Å². The first-order chi connectivity index (χ1) is 13.6. The molecule has 0 radical (unpaired) electrons. The number of guanidine groups is 1. The molecule has 1 aliphatic carbocycles. The molecule has 0 bridgehead atoms. The minimum atomic E-state index is -0.529. The van der Waals surface area contributed by atoms with Gasteiger partial charge in [0.15, 0.2) is 5.96 Å². The minimum Gasteiger partial charge on any atom is -0.466 e. The summed E-state index contributed by atoms with van der Waals surface area (Å²) in [5.41, 5.74) is -0.529. The van der Waals surface area contributed by atoms with Crippen LogP contribution in [0.4, 0.5) is 4.79 Å². The largest absolute Gasteiger partial charge is 0.466 e. The fourth-order valence-electron chi connectivity index (χ4n) is 3.24. The third kappa shape index (κ3) is 9.85. The Bertz CT molecular complexity index is 549. The fraction of sp³-hybridized carbons (Fsp3) is 0.857. The lowest BCUT2D eigenvalue weighted by molar-refractivity contribution is -0.149. The molecule has 8 nitrogen and oxygen atoms in total. The van der Waals surface area contributed by atoms with Gasteiger partial charge in [0.1, 0.15) is 5.60 Å². The second kappa shape index (κ2) is 11.9. The molecular weight excluding hydrogens is 372 g/mol. The number of hydrogen-bond acceptors (Lipinski definition) is 5. The number of carbonyl (C=O) groups excluding carboxylic acids is 2. The van der Waals surface area contributed by atoms with Crippen LogP contribution in [0.15, 0.2) is 4.99 Å². The van der Waals surface area contributed by atoms with E-state index in [2.05, 4.69) is 34.8 Å². The molecule has 1 unspecified atom stereocenters. The SMILES string of the molecule is CCOC(=O)C1CCC(NC(=NC)NCC(NC(=O)OC(C)(C)C)C(C)C)CC1. The van der Waals surface area contributed by atoms with Crippen molar-refractivity contribution in [1.82, 2.24) is 16.0 Å². The van der Waals surface area contributed by atoms with Crippen LogP contribution in [-0.2, 0) is 14.3 Å². The fourth-order valence-corrected chi connectivity index (χ4v) is 3.24. The number of aliphatic imine (C=N–C) groups is 1. The maximum absolute atomic E-state index is 12.1. The Morgan fingerprint density at radius 2 is 1.76 bits per heavy atom. The minimum absolute atomic E-state index is 0.00586. The number of nitrogens with zero attached hydrogens (tertiary/aromatic N) is 1. The molecule has 0 spiro atoms. The van der Waals surface area contributed by atoms with Crippen molar-refractivity contribution in [2.45, 2.75) is 84.9 Å². The average Bonchev–Trinajstić information content (AvgIpc) is 2.62. The molecule has 0 heterocycles. The van der Waals surface area contributed by atoms with Gasteiger partial charge in [-0.25, -0.2) is 4.79 Å². The number of rotatable bonds is 7. The number of carbonyl (C=O) groups is 2. The van der Waals surface area contributed by atoms with Crippen molar-refractivity contribution in [3.8, 4) is 0 Å². The van der Waals surface area contributed by atoms with Gasteiger partial charge in [-0.1, -0.05) is 13.8 Å². The summed E-state index contributed by atoms with van der Waals surface area (Å²) in [5.74, 6) is 0.849. The van der Waals surface area contributed by atoms with Crippen LogP contribution in [0.25, 0.3) is 0 Å². The molecule has 0 aliphatic heterocycles. The summed E-state index contributed by atoms with van der Waals surface area (Å²) in [6.07, 6.45) is 3.02. The Hall–Kier alpha value is -1.99. The molecule has 8 heteroatoms. The summed E-state index contributed by atoms with van der Waals surface area (Å²) < 4.78 is 10.5. The third-order valence-corrected chi connectivity index (χ3v) is 4.91. The molecule has 0 saturated heterocycles. The third-order valence-electron chi connectivity index (χ3n) is 4.91. The van der Waals surface area contributed by atoms with E-state index in [1.165, 1.54) is 0 Å². The van der Waals surface area contributed by atoms with Gasteiger partial charge in [-0.2, -0.15) is 0 Å². The lowest BCUT2D eigenvalue weighted by Gasteiger charge is -2.30. The van der Waals surface area contributed by atoms with Gasteiger partial charge >= 0.3 is 12.1 Å². The van der Waals surface area contributed by atoms with Crippen LogP contribution >= 0.6 is 0 Å². The van der Waals surface area contributed by atoms with Crippen LogP contribution < -0.4 is 16.0 Å². The highest BCUT2D eigenvalue weighted by molar-refractivity contribution is 5.80. The van der Waals surface area contributed by atoms with Crippen molar-refractivity contribution in [2.24, 2.45) is 16.8 Å². The number of alkyl carbamates (subject to hydrolysis) is 1. The van der Waals surface area contributed by atoms with Gasteiger partial charge in [0.05, 0.1) is 18.6 Å². The van der Waals surface area contributed by atoms with Crippen molar-refractivity contribution in [3.05, 3.63) is 0 Å². The Morgan fingerprint density at radius 3 is 2.24 bits per heavy atom. The molecule has 0 aromatic heterocycles. The Morgan fingerprint density at radius 1 is 1.14 bits per heavy atom. The van der Waals surface area contributed by atoms with Gasteiger partial charge in [-0.15, -0.1) is 0 Å². The van der Waals surface area contributed by atoms with E-state index in [-0.39, 0.29) is 29.9 Å². The molecule has 29 heavy (non-hydrogen) atoms. The molecule has 1 atom stereocenters. The van der Waals surface area contributed by atoms with Gasteiger partial charge in [0, 0.05) is 19.6 Å². The summed E-state index contributed by atoms with van der Waals surface area (Å²) in [6.45, 7) is 12.4. The second-order valence-corrected chi connectivity index (χ2v) is 8.89. The van der Waals surface area contributed by atoms with E-state index in [4.69, 9.17) is 9.47 Å². The van der Waals surface area contributed by atoms with Crippen LogP contribution in [0.1, 0.15) is 67.2 Å². The van der Waals surface area contributed by atoms with Crippen molar-refractivity contribution in [2.75, 3.05) is 20.2 Å². The maximum Gasteiger partial charge on any atom is 0.407 e. The van der Waals surface area contributed by atoms with E-state index in [9.17, 15) is 9.59 Å². The quantitative estimate of drug-likeness (QED) is 0.338. The summed E-state index contributed by atoms with van der Waals surface area (Å²) in [7, 11) is 1.73. The highest BCUT2D eigenvalue weighted by Gasteiger charge is 2.28. The molecule has 1 amide bonds. The first-order valence-corrected chi connectivity index (χ1v) is 10.7. The van der Waals surface area contributed by atoms with Gasteiger partial charge < -0.3 is 25.4 Å². The highest BCUT2D eigenvalue weighted by Crippen LogP contribution is 2.25. The Labute approximate surface area is 175 Å². The first kappa shape index (κ1) is 25.0. The molecule has 168 valence electrons. The zero-order valence-electron chi connectivity index (χ0n) is 19.1. The number of amides is 1. The topological polar surface area (TPSA) is 101 Å². The van der Waals surface area contributed by atoms with E-state index in [1.807, 2.05) is 27.7 Å². The average molecular weight is 413 g/mol. The monoisotopic (exact) mass is 412 g/mol. The van der Waals surface area contributed by atoms with E-state index < -0.39 is 11.7 Å². The Kier molecular flexibility index (Phi) is 10.3. The molecule has 3 N–H and O–H groups in total. The van der Waals surface area contributed by atoms with Gasteiger partial charge in [-0.05, 0) is 59.3 Å². The summed E-state index contributed by atoms with van der Waals surface area (Å²) in [6, 6.07) is 0.172. The van der Waals surface area contributed by atoms with Gasteiger partial charge in [0.25, 0.3) is 0 Å². The van der Waals surface area contributed by atoms with Crippen molar-refractivity contribution >= 4 is 18.0 Å². The van der Waals surface area contributed by atoms with E-state index in [0.717, 1.165) is 25.7 Å².